The number of para-hydroxylation sites is 1. The Morgan fingerprint density at radius 2 is 1.29 bits per heavy atom. The number of benzene rings is 5. The molecular weight excluding hydrogens is 486 g/mol. The maximum absolute atomic E-state index is 13.1. The highest BCUT2D eigenvalue weighted by Crippen LogP contribution is 2.38. The minimum Gasteiger partial charge on any atom is -0.325 e. The van der Waals surface area contributed by atoms with Crippen LogP contribution in [0.1, 0.15) is 0 Å². The van der Waals surface area contributed by atoms with Gasteiger partial charge in [-0.2, -0.15) is 0 Å². The fraction of sp³-hybridized carbons (Fsp3) is 0.0303. The second kappa shape index (κ2) is 10.8. The predicted octanol–water partition coefficient (Wildman–Crippen LogP) is 8.09. The van der Waals surface area contributed by atoms with Gasteiger partial charge in [-0.15, -0.1) is 0 Å². The highest BCUT2D eigenvalue weighted by atomic mass is 32.2. The Kier molecular flexibility index (Phi) is 6.75. The van der Waals surface area contributed by atoms with Crippen LogP contribution in [-0.4, -0.2) is 21.2 Å². The van der Waals surface area contributed by atoms with Gasteiger partial charge in [0.1, 0.15) is 0 Å². The summed E-state index contributed by atoms with van der Waals surface area (Å²) >= 11 is 1.44. The van der Waals surface area contributed by atoms with Crippen LogP contribution in [0.15, 0.2) is 139 Å². The number of carbonyl (C=O) groups excluding carboxylic acids is 1. The van der Waals surface area contributed by atoms with Crippen LogP contribution in [0.2, 0.25) is 0 Å². The Bertz CT molecular complexity index is 1690. The number of fused-ring (bicyclic) bond motifs is 1. The average molecular weight is 512 g/mol. The highest BCUT2D eigenvalue weighted by molar-refractivity contribution is 7.99. The van der Waals surface area contributed by atoms with Gasteiger partial charge in [0.2, 0.25) is 5.91 Å². The zero-order valence-corrected chi connectivity index (χ0v) is 21.4. The summed E-state index contributed by atoms with van der Waals surface area (Å²) < 4.78 is 2.16. The number of rotatable bonds is 7. The Balaban J connectivity index is 1.39. The molecule has 0 aliphatic rings. The zero-order chi connectivity index (χ0) is 25.7. The second-order valence-corrected chi connectivity index (χ2v) is 9.80. The van der Waals surface area contributed by atoms with Crippen molar-refractivity contribution in [1.82, 2.24) is 9.55 Å². The fourth-order valence-electron chi connectivity index (χ4n) is 4.62. The summed E-state index contributed by atoms with van der Waals surface area (Å²) in [6.45, 7) is 0. The molecule has 0 saturated carbocycles. The van der Waals surface area contributed by atoms with Crippen LogP contribution in [0, 0.1) is 0 Å². The summed E-state index contributed by atoms with van der Waals surface area (Å²) in [5.41, 5.74) is 5.79. The molecule has 38 heavy (non-hydrogen) atoms. The topological polar surface area (TPSA) is 46.9 Å². The normalized spacial score (nSPS) is 10.9. The van der Waals surface area contributed by atoms with Crippen LogP contribution < -0.4 is 5.32 Å². The van der Waals surface area contributed by atoms with Crippen molar-refractivity contribution in [3.8, 4) is 28.2 Å². The van der Waals surface area contributed by atoms with Gasteiger partial charge in [0.05, 0.1) is 17.1 Å². The molecule has 0 spiro atoms. The summed E-state index contributed by atoms with van der Waals surface area (Å²) in [4.78, 5) is 18.2. The van der Waals surface area contributed by atoms with Gasteiger partial charge in [-0.25, -0.2) is 4.98 Å². The first-order valence-corrected chi connectivity index (χ1v) is 13.5. The van der Waals surface area contributed by atoms with E-state index in [1.807, 2.05) is 97.1 Å². The van der Waals surface area contributed by atoms with Gasteiger partial charge in [0.15, 0.2) is 5.16 Å². The lowest BCUT2D eigenvalue weighted by atomic mass is 10.0. The Morgan fingerprint density at radius 3 is 2.03 bits per heavy atom. The number of carbonyl (C=O) groups is 1. The molecule has 1 heterocycles. The molecule has 1 amide bonds. The van der Waals surface area contributed by atoms with Gasteiger partial charge >= 0.3 is 0 Å². The van der Waals surface area contributed by atoms with E-state index in [0.717, 1.165) is 49.8 Å². The summed E-state index contributed by atoms with van der Waals surface area (Å²) in [6, 6.07) is 44.7. The highest BCUT2D eigenvalue weighted by Gasteiger charge is 2.22. The Morgan fingerprint density at radius 1 is 0.684 bits per heavy atom. The number of nitrogens with zero attached hydrogens (tertiary/aromatic N) is 2. The third-order valence-corrected chi connectivity index (χ3v) is 7.29. The maximum atomic E-state index is 13.1. The van der Waals surface area contributed by atoms with Gasteiger partial charge in [-0.3, -0.25) is 9.36 Å². The van der Waals surface area contributed by atoms with Crippen LogP contribution >= 0.6 is 11.8 Å². The zero-order valence-electron chi connectivity index (χ0n) is 20.6. The van der Waals surface area contributed by atoms with Crippen LogP contribution in [0.25, 0.3) is 39.0 Å². The molecule has 0 bridgehead atoms. The molecule has 6 aromatic rings. The molecule has 0 fully saturated rings. The van der Waals surface area contributed by atoms with E-state index in [-0.39, 0.29) is 11.7 Å². The van der Waals surface area contributed by atoms with Gasteiger partial charge < -0.3 is 5.32 Å². The Hall–Kier alpha value is -4.61. The summed E-state index contributed by atoms with van der Waals surface area (Å²) in [7, 11) is 0. The van der Waals surface area contributed by atoms with E-state index in [4.69, 9.17) is 4.98 Å². The lowest BCUT2D eigenvalue weighted by Gasteiger charge is -2.13. The third kappa shape index (κ3) is 4.84. The molecule has 0 radical (unpaired) electrons. The molecule has 1 aromatic heterocycles. The minimum atomic E-state index is -0.0727. The van der Waals surface area contributed by atoms with E-state index < -0.39 is 0 Å². The summed E-state index contributed by atoms with van der Waals surface area (Å²) in [5, 5.41) is 5.99. The van der Waals surface area contributed by atoms with Crippen molar-refractivity contribution >= 4 is 34.1 Å². The SMILES string of the molecule is O=C(CSc1nc(-c2ccccc2)c(-c2ccccc2)n1-c1ccccc1)Nc1cccc2ccccc12. The van der Waals surface area contributed by atoms with Crippen molar-refractivity contribution in [2.45, 2.75) is 5.16 Å². The quantitative estimate of drug-likeness (QED) is 0.220. The molecule has 4 nitrogen and oxygen atoms in total. The number of aromatic nitrogens is 2. The molecule has 184 valence electrons. The van der Waals surface area contributed by atoms with Crippen molar-refractivity contribution in [2.24, 2.45) is 0 Å². The van der Waals surface area contributed by atoms with Gasteiger partial charge in [-0.05, 0) is 23.6 Å². The largest absolute Gasteiger partial charge is 0.325 e. The average Bonchev–Trinajstić information content (AvgIpc) is 3.37. The molecule has 5 aromatic carbocycles. The minimum absolute atomic E-state index is 0.0727. The lowest BCUT2D eigenvalue weighted by Crippen LogP contribution is -2.14. The van der Waals surface area contributed by atoms with Crippen molar-refractivity contribution in [1.29, 1.82) is 0 Å². The van der Waals surface area contributed by atoms with Crippen LogP contribution in [0.3, 0.4) is 0 Å². The molecule has 5 heteroatoms. The molecule has 1 N–H and O–H groups in total. The van der Waals surface area contributed by atoms with Crippen LogP contribution in [0.4, 0.5) is 5.69 Å². The molecular formula is C33H25N3OS. The predicted molar refractivity (Wildman–Crippen MR) is 158 cm³/mol. The monoisotopic (exact) mass is 511 g/mol. The molecule has 0 atom stereocenters. The standard InChI is InChI=1S/C33H25N3OS/c37-30(34-29-22-12-18-24-13-10-11-21-28(24)29)23-38-33-35-31(25-14-4-1-5-15-25)32(26-16-6-2-7-17-26)36(33)27-19-8-3-9-20-27/h1-22H,23H2,(H,34,37). The third-order valence-electron chi connectivity index (χ3n) is 6.35. The van der Waals surface area contributed by atoms with Gasteiger partial charge in [0, 0.05) is 27.9 Å². The van der Waals surface area contributed by atoms with Crippen molar-refractivity contribution in [2.75, 3.05) is 11.1 Å². The first kappa shape index (κ1) is 23.8. The van der Waals surface area contributed by atoms with Crippen molar-refractivity contribution < 1.29 is 4.79 Å². The van der Waals surface area contributed by atoms with Crippen LogP contribution in [0.5, 0.6) is 0 Å². The van der Waals surface area contributed by atoms with E-state index in [9.17, 15) is 4.79 Å². The van der Waals surface area contributed by atoms with Crippen molar-refractivity contribution in [3.63, 3.8) is 0 Å². The smallest absolute Gasteiger partial charge is 0.234 e. The van der Waals surface area contributed by atoms with E-state index in [1.54, 1.807) is 0 Å². The second-order valence-electron chi connectivity index (χ2n) is 8.86. The number of hydrogen-bond acceptors (Lipinski definition) is 3. The number of nitrogens with one attached hydrogen (secondary N) is 1. The first-order valence-electron chi connectivity index (χ1n) is 12.5. The Labute approximate surface area is 226 Å². The van der Waals surface area contributed by atoms with Gasteiger partial charge in [-0.1, -0.05) is 127 Å². The molecule has 0 aliphatic heterocycles. The summed E-state index contributed by atoms with van der Waals surface area (Å²) in [6.07, 6.45) is 0. The fourth-order valence-corrected chi connectivity index (χ4v) is 5.44. The first-order chi connectivity index (χ1) is 18.8. The number of hydrogen-bond donors (Lipinski definition) is 1. The van der Waals surface area contributed by atoms with Gasteiger partial charge in [0.25, 0.3) is 0 Å². The molecule has 0 unspecified atom stereocenters. The molecule has 0 aliphatic carbocycles. The maximum Gasteiger partial charge on any atom is 0.234 e. The van der Waals surface area contributed by atoms with E-state index in [2.05, 4.69) is 46.3 Å². The number of amides is 1. The summed E-state index contributed by atoms with van der Waals surface area (Å²) in [5.74, 6) is 0.159. The van der Waals surface area contributed by atoms with E-state index in [0.29, 0.717) is 0 Å². The number of anilines is 1. The molecule has 6 rings (SSSR count). The number of imidazole rings is 1. The lowest BCUT2D eigenvalue weighted by molar-refractivity contribution is -0.113. The molecule has 0 saturated heterocycles. The van der Waals surface area contributed by atoms with E-state index in [1.165, 1.54) is 11.8 Å². The van der Waals surface area contributed by atoms with E-state index >= 15 is 0 Å². The van der Waals surface area contributed by atoms with Crippen LogP contribution in [-0.2, 0) is 4.79 Å². The van der Waals surface area contributed by atoms with Crippen molar-refractivity contribution in [3.05, 3.63) is 133 Å². The number of thioether (sulfide) groups is 1.